The zero-order valence-corrected chi connectivity index (χ0v) is 12.8. The van der Waals surface area contributed by atoms with Gasteiger partial charge in [-0.3, -0.25) is 4.79 Å². The normalized spacial score (nSPS) is 21.8. The number of halogens is 1. The van der Waals surface area contributed by atoms with Crippen molar-refractivity contribution in [3.8, 4) is 5.75 Å². The molecule has 0 spiro atoms. The highest BCUT2D eigenvalue weighted by Crippen LogP contribution is 2.19. The fraction of sp³-hybridized carbons (Fsp3) is 0.500. The van der Waals surface area contributed by atoms with Crippen LogP contribution in [0.1, 0.15) is 13.3 Å². The number of hydrogen-bond donors (Lipinski definition) is 0. The van der Waals surface area contributed by atoms with Gasteiger partial charge in [0.1, 0.15) is 11.6 Å². The lowest BCUT2D eigenvalue weighted by Crippen LogP contribution is -2.44. The molecule has 2 rings (SSSR count). The van der Waals surface area contributed by atoms with Gasteiger partial charge in [-0.25, -0.2) is 12.8 Å². The van der Waals surface area contributed by atoms with E-state index in [9.17, 15) is 17.6 Å². The summed E-state index contributed by atoms with van der Waals surface area (Å²) in [5.41, 5.74) is 0. The van der Waals surface area contributed by atoms with E-state index >= 15 is 0 Å². The van der Waals surface area contributed by atoms with Gasteiger partial charge in [-0.1, -0.05) is 6.07 Å². The second-order valence-corrected chi connectivity index (χ2v) is 7.45. The Labute approximate surface area is 123 Å². The third kappa shape index (κ3) is 3.93. The number of benzene rings is 1. The molecule has 21 heavy (non-hydrogen) atoms. The molecule has 116 valence electrons. The van der Waals surface area contributed by atoms with E-state index in [-0.39, 0.29) is 29.2 Å². The second kappa shape index (κ2) is 6.01. The lowest BCUT2D eigenvalue weighted by Gasteiger charge is -2.26. The second-order valence-electron chi connectivity index (χ2n) is 5.22. The minimum absolute atomic E-state index is 0.0120. The van der Waals surface area contributed by atoms with Gasteiger partial charge in [-0.2, -0.15) is 0 Å². The Kier molecular flexibility index (Phi) is 4.51. The van der Waals surface area contributed by atoms with Gasteiger partial charge in [-0.05, 0) is 25.5 Å². The van der Waals surface area contributed by atoms with Crippen LogP contribution >= 0.6 is 0 Å². The Hall–Kier alpha value is -1.63. The van der Waals surface area contributed by atoms with Crippen molar-refractivity contribution in [1.29, 1.82) is 0 Å². The largest absolute Gasteiger partial charge is 0.481 e. The molecule has 0 saturated carbocycles. The molecule has 1 aromatic carbocycles. The van der Waals surface area contributed by atoms with Crippen LogP contribution < -0.4 is 4.74 Å². The molecule has 1 aromatic rings. The van der Waals surface area contributed by atoms with Crippen molar-refractivity contribution in [2.75, 3.05) is 18.6 Å². The summed E-state index contributed by atoms with van der Waals surface area (Å²) in [5, 5.41) is 0. The SMILES string of the molecule is C[C@H](Oc1cccc(F)c1)C(=O)N(C)[C@@H]1CCS(=O)(=O)C1. The van der Waals surface area contributed by atoms with Crippen molar-refractivity contribution in [2.24, 2.45) is 0 Å². The predicted molar refractivity (Wildman–Crippen MR) is 76.3 cm³/mol. The average Bonchev–Trinajstić information content (AvgIpc) is 2.77. The first kappa shape index (κ1) is 15.8. The minimum atomic E-state index is -3.05. The molecule has 1 amide bonds. The standard InChI is InChI=1S/C14H18FNO4S/c1-10(20-13-5-3-4-11(15)8-13)14(17)16(2)12-6-7-21(18,19)9-12/h3-5,8,10,12H,6-7,9H2,1-2H3/t10-,12+/m0/s1. The third-order valence-electron chi connectivity index (χ3n) is 3.56. The monoisotopic (exact) mass is 315 g/mol. The summed E-state index contributed by atoms with van der Waals surface area (Å²) in [6.45, 7) is 1.56. The van der Waals surface area contributed by atoms with E-state index in [1.165, 1.54) is 23.1 Å². The van der Waals surface area contributed by atoms with Gasteiger partial charge in [0, 0.05) is 19.2 Å². The summed E-state index contributed by atoms with van der Waals surface area (Å²) in [5.74, 6) is -0.400. The van der Waals surface area contributed by atoms with Crippen LogP contribution in [0.4, 0.5) is 4.39 Å². The fourth-order valence-corrected chi connectivity index (χ4v) is 4.12. The van der Waals surface area contributed by atoms with Gasteiger partial charge in [0.25, 0.3) is 5.91 Å². The number of nitrogens with zero attached hydrogens (tertiary/aromatic N) is 1. The Morgan fingerprint density at radius 3 is 2.76 bits per heavy atom. The number of carbonyl (C=O) groups is 1. The molecule has 0 aliphatic carbocycles. The first-order valence-corrected chi connectivity index (χ1v) is 8.50. The Morgan fingerprint density at radius 1 is 1.48 bits per heavy atom. The molecule has 0 bridgehead atoms. The molecular weight excluding hydrogens is 297 g/mol. The van der Waals surface area contributed by atoms with Crippen molar-refractivity contribution < 1.29 is 22.3 Å². The number of ether oxygens (including phenoxy) is 1. The van der Waals surface area contributed by atoms with Crippen LogP contribution in [0.2, 0.25) is 0 Å². The highest BCUT2D eigenvalue weighted by atomic mass is 32.2. The number of hydrogen-bond acceptors (Lipinski definition) is 4. The molecule has 0 N–H and O–H groups in total. The lowest BCUT2D eigenvalue weighted by atomic mass is 10.2. The quantitative estimate of drug-likeness (QED) is 0.838. The molecule has 0 radical (unpaired) electrons. The van der Waals surface area contributed by atoms with E-state index in [0.717, 1.165) is 0 Å². The lowest BCUT2D eigenvalue weighted by molar-refractivity contribution is -0.138. The van der Waals surface area contributed by atoms with E-state index in [1.807, 2.05) is 0 Å². The van der Waals surface area contributed by atoms with Crippen LogP contribution in [-0.2, 0) is 14.6 Å². The van der Waals surface area contributed by atoms with E-state index in [2.05, 4.69) is 0 Å². The van der Waals surface area contributed by atoms with Crippen LogP contribution in [0, 0.1) is 5.82 Å². The van der Waals surface area contributed by atoms with Crippen molar-refractivity contribution in [1.82, 2.24) is 4.90 Å². The van der Waals surface area contributed by atoms with Crippen molar-refractivity contribution >= 4 is 15.7 Å². The molecule has 0 aromatic heterocycles. The zero-order chi connectivity index (χ0) is 15.6. The summed E-state index contributed by atoms with van der Waals surface area (Å²) in [6.07, 6.45) is -0.364. The molecule has 1 fully saturated rings. The maximum Gasteiger partial charge on any atom is 0.263 e. The van der Waals surface area contributed by atoms with Crippen LogP contribution in [0.15, 0.2) is 24.3 Å². The molecule has 5 nitrogen and oxygen atoms in total. The Balaban J connectivity index is 1.99. The average molecular weight is 315 g/mol. The summed E-state index contributed by atoms with van der Waals surface area (Å²) in [7, 11) is -1.48. The summed E-state index contributed by atoms with van der Waals surface area (Å²) in [6, 6.07) is 5.22. The molecule has 1 heterocycles. The van der Waals surface area contributed by atoms with Crippen molar-refractivity contribution in [3.05, 3.63) is 30.1 Å². The maximum atomic E-state index is 13.1. The highest BCUT2D eigenvalue weighted by molar-refractivity contribution is 7.91. The topological polar surface area (TPSA) is 63.7 Å². The number of rotatable bonds is 4. The maximum absolute atomic E-state index is 13.1. The molecule has 1 aliphatic heterocycles. The van der Waals surface area contributed by atoms with Gasteiger partial charge in [0.05, 0.1) is 11.5 Å². The van der Waals surface area contributed by atoms with Gasteiger partial charge >= 0.3 is 0 Å². The van der Waals surface area contributed by atoms with Crippen LogP contribution in [-0.4, -0.2) is 49.9 Å². The molecule has 0 unspecified atom stereocenters. The van der Waals surface area contributed by atoms with Gasteiger partial charge < -0.3 is 9.64 Å². The summed E-state index contributed by atoms with van der Waals surface area (Å²) >= 11 is 0. The highest BCUT2D eigenvalue weighted by Gasteiger charge is 2.34. The van der Waals surface area contributed by atoms with Crippen molar-refractivity contribution in [3.63, 3.8) is 0 Å². The molecule has 7 heteroatoms. The molecule has 1 aliphatic rings. The minimum Gasteiger partial charge on any atom is -0.481 e. The van der Waals surface area contributed by atoms with Gasteiger partial charge in [0.2, 0.25) is 0 Å². The zero-order valence-electron chi connectivity index (χ0n) is 12.0. The number of likely N-dealkylation sites (N-methyl/N-ethyl adjacent to an activating group) is 1. The summed E-state index contributed by atoms with van der Waals surface area (Å²) < 4.78 is 41.4. The summed E-state index contributed by atoms with van der Waals surface area (Å²) in [4.78, 5) is 13.7. The Morgan fingerprint density at radius 2 is 2.19 bits per heavy atom. The van der Waals surface area contributed by atoms with E-state index in [0.29, 0.717) is 6.42 Å². The third-order valence-corrected chi connectivity index (χ3v) is 5.31. The smallest absolute Gasteiger partial charge is 0.263 e. The molecule has 2 atom stereocenters. The van der Waals surface area contributed by atoms with Gasteiger partial charge in [-0.15, -0.1) is 0 Å². The number of carbonyl (C=O) groups excluding carboxylic acids is 1. The van der Waals surface area contributed by atoms with Crippen molar-refractivity contribution in [2.45, 2.75) is 25.5 Å². The number of amides is 1. The molecular formula is C14H18FNO4S. The van der Waals surface area contributed by atoms with E-state index in [1.54, 1.807) is 20.0 Å². The van der Waals surface area contributed by atoms with E-state index in [4.69, 9.17) is 4.74 Å². The number of sulfone groups is 1. The van der Waals surface area contributed by atoms with Crippen LogP contribution in [0.5, 0.6) is 5.75 Å². The van der Waals surface area contributed by atoms with Crippen LogP contribution in [0.25, 0.3) is 0 Å². The first-order valence-electron chi connectivity index (χ1n) is 6.68. The molecule has 1 saturated heterocycles. The fourth-order valence-electron chi connectivity index (χ4n) is 2.34. The van der Waals surface area contributed by atoms with Gasteiger partial charge in [0.15, 0.2) is 15.9 Å². The predicted octanol–water partition coefficient (Wildman–Crippen LogP) is 1.24. The van der Waals surface area contributed by atoms with Crippen LogP contribution in [0.3, 0.4) is 0 Å². The van der Waals surface area contributed by atoms with E-state index < -0.39 is 21.8 Å². The first-order chi connectivity index (χ1) is 9.78. The Bertz CT molecular complexity index is 632.